The van der Waals surface area contributed by atoms with Crippen LogP contribution in [0.5, 0.6) is 5.75 Å². The van der Waals surface area contributed by atoms with Gasteiger partial charge in [0.05, 0.1) is 30.7 Å². The average Bonchev–Trinajstić information content (AvgIpc) is 2.50. The zero-order valence-electron chi connectivity index (χ0n) is 13.1. The molecule has 0 radical (unpaired) electrons. The Hall–Kier alpha value is -1.79. The summed E-state index contributed by atoms with van der Waals surface area (Å²) in [7, 11) is 0. The van der Waals surface area contributed by atoms with E-state index in [4.69, 9.17) is 26.2 Å². The Morgan fingerprint density at radius 1 is 1.52 bits per heavy atom. The van der Waals surface area contributed by atoms with Gasteiger partial charge in [-0.2, -0.15) is 0 Å². The lowest BCUT2D eigenvalue weighted by atomic mass is 10.1. The predicted octanol–water partition coefficient (Wildman–Crippen LogP) is 2.12. The molecule has 1 N–H and O–H groups in total. The third kappa shape index (κ3) is 4.59. The number of amides is 1. The maximum absolute atomic E-state index is 12.6. The SMILES string of the molecule is Cc1ccc(Cl)c(OC(C)C(=O)N2CCOCC2CC(=O)O)c1. The van der Waals surface area contributed by atoms with Gasteiger partial charge in [0.1, 0.15) is 5.75 Å². The number of carboxylic acid groups (broad SMARTS) is 1. The van der Waals surface area contributed by atoms with E-state index in [0.29, 0.717) is 23.9 Å². The van der Waals surface area contributed by atoms with E-state index in [2.05, 4.69) is 0 Å². The number of carbonyl (C=O) groups excluding carboxylic acids is 1. The monoisotopic (exact) mass is 341 g/mol. The van der Waals surface area contributed by atoms with Gasteiger partial charge in [-0.25, -0.2) is 0 Å². The van der Waals surface area contributed by atoms with Crippen LogP contribution in [0.1, 0.15) is 18.9 Å². The molecule has 126 valence electrons. The van der Waals surface area contributed by atoms with Crippen LogP contribution in [-0.2, 0) is 14.3 Å². The van der Waals surface area contributed by atoms with Crippen molar-refractivity contribution >= 4 is 23.5 Å². The molecule has 1 fully saturated rings. The summed E-state index contributed by atoms with van der Waals surface area (Å²) in [6.07, 6.45) is -0.910. The normalized spacial score (nSPS) is 19.3. The highest BCUT2D eigenvalue weighted by Crippen LogP contribution is 2.27. The summed E-state index contributed by atoms with van der Waals surface area (Å²) >= 11 is 6.08. The molecule has 2 unspecified atom stereocenters. The van der Waals surface area contributed by atoms with Crippen molar-refractivity contribution in [1.29, 1.82) is 0 Å². The number of ether oxygens (including phenoxy) is 2. The van der Waals surface area contributed by atoms with Gasteiger partial charge in [-0.3, -0.25) is 9.59 Å². The van der Waals surface area contributed by atoms with E-state index in [1.807, 2.05) is 13.0 Å². The molecule has 23 heavy (non-hydrogen) atoms. The number of aryl methyl sites for hydroxylation is 1. The number of nitrogens with zero attached hydrogens (tertiary/aromatic N) is 1. The van der Waals surface area contributed by atoms with Gasteiger partial charge in [-0.15, -0.1) is 0 Å². The number of carbonyl (C=O) groups is 2. The molecule has 7 heteroatoms. The number of benzene rings is 1. The van der Waals surface area contributed by atoms with Gasteiger partial charge in [-0.05, 0) is 31.5 Å². The maximum Gasteiger partial charge on any atom is 0.305 e. The molecule has 0 bridgehead atoms. The lowest BCUT2D eigenvalue weighted by Gasteiger charge is -2.36. The van der Waals surface area contributed by atoms with Gasteiger partial charge in [0, 0.05) is 6.54 Å². The lowest BCUT2D eigenvalue weighted by Crippen LogP contribution is -2.53. The molecule has 2 rings (SSSR count). The Morgan fingerprint density at radius 2 is 2.26 bits per heavy atom. The number of rotatable bonds is 5. The van der Waals surface area contributed by atoms with E-state index in [9.17, 15) is 9.59 Å². The largest absolute Gasteiger partial charge is 0.481 e. The molecule has 1 heterocycles. The number of halogens is 1. The molecule has 1 aromatic carbocycles. The standard InChI is InChI=1S/C16H20ClNO5/c1-10-3-4-13(17)14(7-10)23-11(2)16(21)18-5-6-22-9-12(18)8-15(19)20/h3-4,7,11-12H,5-6,8-9H2,1-2H3,(H,19,20). The maximum atomic E-state index is 12.6. The number of morpholine rings is 1. The molecule has 1 aliphatic rings. The Morgan fingerprint density at radius 3 is 2.96 bits per heavy atom. The molecule has 6 nitrogen and oxygen atoms in total. The minimum absolute atomic E-state index is 0.149. The molecule has 0 saturated carbocycles. The fourth-order valence-electron chi connectivity index (χ4n) is 2.49. The molecule has 0 aromatic heterocycles. The van der Waals surface area contributed by atoms with Gasteiger partial charge in [0.25, 0.3) is 5.91 Å². The predicted molar refractivity (Wildman–Crippen MR) is 84.9 cm³/mol. The fourth-order valence-corrected chi connectivity index (χ4v) is 2.65. The molecule has 1 aromatic rings. The lowest BCUT2D eigenvalue weighted by molar-refractivity contribution is -0.150. The van der Waals surface area contributed by atoms with Crippen LogP contribution in [0.3, 0.4) is 0 Å². The first-order valence-electron chi connectivity index (χ1n) is 7.41. The van der Waals surface area contributed by atoms with Crippen LogP contribution in [-0.4, -0.2) is 53.8 Å². The highest BCUT2D eigenvalue weighted by molar-refractivity contribution is 6.32. The van der Waals surface area contributed by atoms with Crippen LogP contribution < -0.4 is 4.74 Å². The Bertz CT molecular complexity index is 592. The van der Waals surface area contributed by atoms with E-state index in [1.165, 1.54) is 4.90 Å². The van der Waals surface area contributed by atoms with Crippen molar-refractivity contribution in [1.82, 2.24) is 4.90 Å². The van der Waals surface area contributed by atoms with E-state index in [-0.39, 0.29) is 18.9 Å². The Kier molecular flexibility index (Phi) is 5.85. The van der Waals surface area contributed by atoms with Crippen LogP contribution in [0.25, 0.3) is 0 Å². The van der Waals surface area contributed by atoms with Crippen LogP contribution in [0, 0.1) is 6.92 Å². The summed E-state index contributed by atoms with van der Waals surface area (Å²) in [4.78, 5) is 25.1. The first-order chi connectivity index (χ1) is 10.9. The highest BCUT2D eigenvalue weighted by atomic mass is 35.5. The van der Waals surface area contributed by atoms with Crippen molar-refractivity contribution < 1.29 is 24.2 Å². The zero-order chi connectivity index (χ0) is 17.0. The Balaban J connectivity index is 2.08. The first-order valence-corrected chi connectivity index (χ1v) is 7.79. The first kappa shape index (κ1) is 17.6. The molecule has 1 amide bonds. The van der Waals surface area contributed by atoms with Crippen LogP contribution in [0.4, 0.5) is 0 Å². The molecule has 1 aliphatic heterocycles. The minimum Gasteiger partial charge on any atom is -0.481 e. The smallest absolute Gasteiger partial charge is 0.305 e. The third-order valence-corrected chi connectivity index (χ3v) is 3.97. The molecule has 2 atom stereocenters. The van der Waals surface area contributed by atoms with E-state index in [1.54, 1.807) is 19.1 Å². The number of hydrogen-bond donors (Lipinski definition) is 1. The quantitative estimate of drug-likeness (QED) is 0.887. The second-order valence-electron chi connectivity index (χ2n) is 5.55. The summed E-state index contributed by atoms with van der Waals surface area (Å²) in [6, 6.07) is 4.85. The summed E-state index contributed by atoms with van der Waals surface area (Å²) in [5.74, 6) is -0.790. The average molecular weight is 342 g/mol. The topological polar surface area (TPSA) is 76.1 Å². The van der Waals surface area contributed by atoms with Crippen molar-refractivity contribution in [2.45, 2.75) is 32.4 Å². The number of carboxylic acids is 1. The molecule has 1 saturated heterocycles. The van der Waals surface area contributed by atoms with Crippen LogP contribution in [0.2, 0.25) is 5.02 Å². The zero-order valence-corrected chi connectivity index (χ0v) is 13.9. The summed E-state index contributed by atoms with van der Waals surface area (Å²) in [5, 5.41) is 9.39. The molecule has 0 aliphatic carbocycles. The minimum atomic E-state index is -0.964. The number of aliphatic carboxylic acids is 1. The fraction of sp³-hybridized carbons (Fsp3) is 0.500. The van der Waals surface area contributed by atoms with Gasteiger partial charge in [0.2, 0.25) is 0 Å². The van der Waals surface area contributed by atoms with E-state index in [0.717, 1.165) is 5.56 Å². The summed E-state index contributed by atoms with van der Waals surface area (Å²) in [5.41, 5.74) is 0.971. The van der Waals surface area contributed by atoms with E-state index < -0.39 is 18.1 Å². The summed E-state index contributed by atoms with van der Waals surface area (Å²) < 4.78 is 11.0. The van der Waals surface area contributed by atoms with E-state index >= 15 is 0 Å². The van der Waals surface area contributed by atoms with Gasteiger partial charge < -0.3 is 19.5 Å². The van der Waals surface area contributed by atoms with Crippen LogP contribution in [0.15, 0.2) is 18.2 Å². The Labute approximate surface area is 139 Å². The van der Waals surface area contributed by atoms with Crippen molar-refractivity contribution in [3.8, 4) is 5.75 Å². The van der Waals surface area contributed by atoms with Crippen molar-refractivity contribution in [2.24, 2.45) is 0 Å². The van der Waals surface area contributed by atoms with Crippen molar-refractivity contribution in [3.05, 3.63) is 28.8 Å². The van der Waals surface area contributed by atoms with Gasteiger partial charge >= 0.3 is 5.97 Å². The highest BCUT2D eigenvalue weighted by Gasteiger charge is 2.32. The molecular weight excluding hydrogens is 322 g/mol. The van der Waals surface area contributed by atoms with Crippen molar-refractivity contribution in [2.75, 3.05) is 19.8 Å². The second kappa shape index (κ2) is 7.66. The summed E-state index contributed by atoms with van der Waals surface area (Å²) in [6.45, 7) is 4.50. The van der Waals surface area contributed by atoms with Crippen LogP contribution >= 0.6 is 11.6 Å². The third-order valence-electron chi connectivity index (χ3n) is 3.66. The number of hydrogen-bond acceptors (Lipinski definition) is 4. The van der Waals surface area contributed by atoms with Crippen molar-refractivity contribution in [3.63, 3.8) is 0 Å². The second-order valence-corrected chi connectivity index (χ2v) is 5.96. The van der Waals surface area contributed by atoms with Gasteiger partial charge in [-0.1, -0.05) is 17.7 Å². The molecular formula is C16H20ClNO5. The van der Waals surface area contributed by atoms with Gasteiger partial charge in [0.15, 0.2) is 6.10 Å². The molecule has 0 spiro atoms.